The lowest BCUT2D eigenvalue weighted by molar-refractivity contribution is 0.120. The van der Waals surface area contributed by atoms with Crippen molar-refractivity contribution in [1.29, 1.82) is 0 Å². The Kier molecular flexibility index (Phi) is 4.42. The van der Waals surface area contributed by atoms with Crippen LogP contribution in [0.1, 0.15) is 38.5 Å². The second kappa shape index (κ2) is 5.83. The molecule has 0 aromatic rings. The van der Waals surface area contributed by atoms with E-state index in [1.54, 1.807) is 0 Å². The molecule has 0 radical (unpaired) electrons. The Balaban J connectivity index is 1.57. The van der Waals surface area contributed by atoms with Crippen LogP contribution in [0.3, 0.4) is 0 Å². The van der Waals surface area contributed by atoms with Crippen molar-refractivity contribution in [2.45, 2.75) is 50.7 Å². The summed E-state index contributed by atoms with van der Waals surface area (Å²) >= 11 is 0. The van der Waals surface area contributed by atoms with Crippen molar-refractivity contribution < 1.29 is 5.11 Å². The van der Waals surface area contributed by atoms with Crippen LogP contribution in [0, 0.1) is 0 Å². The second-order valence-corrected chi connectivity index (χ2v) is 5.05. The second-order valence-electron chi connectivity index (χ2n) is 5.05. The van der Waals surface area contributed by atoms with Crippen LogP contribution in [-0.4, -0.2) is 48.3 Å². The van der Waals surface area contributed by atoms with Gasteiger partial charge in [-0.2, -0.15) is 0 Å². The Hall–Kier alpha value is -0.120. The first-order chi connectivity index (χ1) is 7.34. The number of rotatable bonds is 5. The van der Waals surface area contributed by atoms with Gasteiger partial charge in [0.1, 0.15) is 0 Å². The van der Waals surface area contributed by atoms with Crippen molar-refractivity contribution in [3.05, 3.63) is 0 Å². The minimum atomic E-state index is -0.177. The van der Waals surface area contributed by atoms with Gasteiger partial charge in [0, 0.05) is 19.1 Å². The van der Waals surface area contributed by atoms with Gasteiger partial charge in [-0.3, -0.25) is 0 Å². The summed E-state index contributed by atoms with van der Waals surface area (Å²) in [5.74, 6) is 0. The monoisotopic (exact) mass is 212 g/mol. The van der Waals surface area contributed by atoms with E-state index in [-0.39, 0.29) is 6.10 Å². The molecule has 1 aliphatic heterocycles. The van der Waals surface area contributed by atoms with Crippen LogP contribution in [-0.2, 0) is 0 Å². The minimum Gasteiger partial charge on any atom is -0.390 e. The predicted molar refractivity (Wildman–Crippen MR) is 61.9 cm³/mol. The maximum atomic E-state index is 9.87. The lowest BCUT2D eigenvalue weighted by Crippen LogP contribution is -2.40. The Morgan fingerprint density at radius 2 is 1.80 bits per heavy atom. The summed E-state index contributed by atoms with van der Waals surface area (Å²) in [7, 11) is 0. The summed E-state index contributed by atoms with van der Waals surface area (Å²) in [5.41, 5.74) is 0. The molecule has 1 saturated heterocycles. The van der Waals surface area contributed by atoms with Gasteiger partial charge in [0.05, 0.1) is 6.10 Å². The van der Waals surface area contributed by atoms with E-state index in [2.05, 4.69) is 10.2 Å². The molecule has 1 saturated carbocycles. The highest BCUT2D eigenvalue weighted by Crippen LogP contribution is 2.17. The molecule has 1 heterocycles. The highest BCUT2D eigenvalue weighted by molar-refractivity contribution is 4.77. The number of nitrogens with one attached hydrogen (secondary N) is 1. The van der Waals surface area contributed by atoms with E-state index in [0.29, 0.717) is 6.04 Å². The van der Waals surface area contributed by atoms with Crippen LogP contribution in [0.25, 0.3) is 0 Å². The summed E-state index contributed by atoms with van der Waals surface area (Å²) < 4.78 is 0. The molecule has 1 unspecified atom stereocenters. The fourth-order valence-electron chi connectivity index (χ4n) is 2.76. The molecule has 2 aliphatic rings. The Bertz CT molecular complexity index is 174. The number of β-amino-alcohol motifs (C(OH)–C–C–N with tert-alkyl or cyclic N) is 1. The molecule has 0 amide bonds. The first-order valence-corrected chi connectivity index (χ1v) is 6.48. The van der Waals surface area contributed by atoms with Gasteiger partial charge in [-0.05, 0) is 38.8 Å². The molecule has 3 heteroatoms. The number of hydrogen-bond acceptors (Lipinski definition) is 3. The molecular formula is C12H24N2O. The molecule has 0 aromatic carbocycles. The first-order valence-electron chi connectivity index (χ1n) is 6.48. The van der Waals surface area contributed by atoms with Crippen molar-refractivity contribution in [3.63, 3.8) is 0 Å². The molecule has 15 heavy (non-hydrogen) atoms. The maximum absolute atomic E-state index is 9.87. The molecule has 2 rings (SSSR count). The quantitative estimate of drug-likeness (QED) is 0.713. The summed E-state index contributed by atoms with van der Waals surface area (Å²) in [6.45, 7) is 4.00. The van der Waals surface area contributed by atoms with Gasteiger partial charge >= 0.3 is 0 Å². The van der Waals surface area contributed by atoms with E-state index in [0.717, 1.165) is 13.1 Å². The highest BCUT2D eigenvalue weighted by atomic mass is 16.3. The molecule has 0 bridgehead atoms. The third kappa shape index (κ3) is 3.74. The average molecular weight is 212 g/mol. The predicted octanol–water partition coefficient (Wildman–Crippen LogP) is 0.975. The Morgan fingerprint density at radius 3 is 2.47 bits per heavy atom. The number of likely N-dealkylation sites (tertiary alicyclic amines) is 1. The van der Waals surface area contributed by atoms with Crippen LogP contribution in [0.2, 0.25) is 0 Å². The molecular weight excluding hydrogens is 188 g/mol. The van der Waals surface area contributed by atoms with E-state index >= 15 is 0 Å². The Labute approximate surface area is 92.8 Å². The highest BCUT2D eigenvalue weighted by Gasteiger charge is 2.18. The van der Waals surface area contributed by atoms with Gasteiger partial charge in [-0.15, -0.1) is 0 Å². The van der Waals surface area contributed by atoms with E-state index in [1.807, 2.05) is 0 Å². The summed E-state index contributed by atoms with van der Waals surface area (Å²) in [6.07, 6.45) is 7.77. The van der Waals surface area contributed by atoms with Crippen molar-refractivity contribution in [2.24, 2.45) is 0 Å². The van der Waals surface area contributed by atoms with Crippen LogP contribution < -0.4 is 5.32 Å². The van der Waals surface area contributed by atoms with E-state index in [1.165, 1.54) is 51.6 Å². The maximum Gasteiger partial charge on any atom is 0.0791 e. The lowest BCUT2D eigenvalue weighted by atomic mass is 10.2. The van der Waals surface area contributed by atoms with Crippen LogP contribution in [0.5, 0.6) is 0 Å². The van der Waals surface area contributed by atoms with Crippen molar-refractivity contribution >= 4 is 0 Å². The summed E-state index contributed by atoms with van der Waals surface area (Å²) in [5, 5.41) is 13.3. The normalized spacial score (nSPS) is 26.2. The SMILES string of the molecule is OC(CNC1CCCC1)CN1CCCC1. The van der Waals surface area contributed by atoms with Crippen molar-refractivity contribution in [3.8, 4) is 0 Å². The molecule has 2 fully saturated rings. The van der Waals surface area contributed by atoms with Crippen molar-refractivity contribution in [1.82, 2.24) is 10.2 Å². The molecule has 2 N–H and O–H groups in total. The Morgan fingerprint density at radius 1 is 1.13 bits per heavy atom. The van der Waals surface area contributed by atoms with E-state index in [4.69, 9.17) is 0 Å². The van der Waals surface area contributed by atoms with Crippen molar-refractivity contribution in [2.75, 3.05) is 26.2 Å². The van der Waals surface area contributed by atoms with Crippen LogP contribution >= 0.6 is 0 Å². The zero-order valence-corrected chi connectivity index (χ0v) is 9.62. The number of aliphatic hydroxyl groups excluding tert-OH is 1. The molecule has 0 spiro atoms. The van der Waals surface area contributed by atoms with Gasteiger partial charge in [-0.25, -0.2) is 0 Å². The number of nitrogens with zero attached hydrogens (tertiary/aromatic N) is 1. The van der Waals surface area contributed by atoms with Gasteiger partial charge in [0.2, 0.25) is 0 Å². The smallest absolute Gasteiger partial charge is 0.0791 e. The van der Waals surface area contributed by atoms with Gasteiger partial charge in [0.15, 0.2) is 0 Å². The number of aliphatic hydroxyl groups is 1. The minimum absolute atomic E-state index is 0.177. The molecule has 1 aliphatic carbocycles. The molecule has 3 nitrogen and oxygen atoms in total. The lowest BCUT2D eigenvalue weighted by Gasteiger charge is -2.21. The zero-order valence-electron chi connectivity index (χ0n) is 9.62. The summed E-state index contributed by atoms with van der Waals surface area (Å²) in [6, 6.07) is 0.679. The first kappa shape index (κ1) is 11.4. The fraction of sp³-hybridized carbons (Fsp3) is 1.00. The van der Waals surface area contributed by atoms with Crippen LogP contribution in [0.15, 0.2) is 0 Å². The van der Waals surface area contributed by atoms with E-state index < -0.39 is 0 Å². The molecule has 88 valence electrons. The molecule has 1 atom stereocenters. The summed E-state index contributed by atoms with van der Waals surface area (Å²) in [4.78, 5) is 2.38. The van der Waals surface area contributed by atoms with Gasteiger partial charge in [0.25, 0.3) is 0 Å². The topological polar surface area (TPSA) is 35.5 Å². The standard InChI is InChI=1S/C12H24N2O/c15-12(10-14-7-3-4-8-14)9-13-11-5-1-2-6-11/h11-13,15H,1-10H2. The number of hydrogen-bond donors (Lipinski definition) is 2. The van der Waals surface area contributed by atoms with Gasteiger partial charge in [-0.1, -0.05) is 12.8 Å². The average Bonchev–Trinajstić information content (AvgIpc) is 2.86. The van der Waals surface area contributed by atoms with E-state index in [9.17, 15) is 5.11 Å². The third-order valence-corrected chi connectivity index (χ3v) is 3.66. The van der Waals surface area contributed by atoms with Crippen LogP contribution in [0.4, 0.5) is 0 Å². The molecule has 0 aromatic heterocycles. The zero-order chi connectivity index (χ0) is 10.5. The van der Waals surface area contributed by atoms with Gasteiger partial charge < -0.3 is 15.3 Å². The largest absolute Gasteiger partial charge is 0.390 e. The third-order valence-electron chi connectivity index (χ3n) is 3.66. The fourth-order valence-corrected chi connectivity index (χ4v) is 2.76.